The molecule has 1 unspecified atom stereocenters. The van der Waals surface area contributed by atoms with Gasteiger partial charge >= 0.3 is 0 Å². The predicted molar refractivity (Wildman–Crippen MR) is 46.5 cm³/mol. The van der Waals surface area contributed by atoms with Crippen molar-refractivity contribution in [2.24, 2.45) is 0 Å². The number of halogens is 1. The van der Waals surface area contributed by atoms with Gasteiger partial charge in [-0.25, -0.2) is 0 Å². The van der Waals surface area contributed by atoms with Crippen LogP contribution < -0.4 is 0 Å². The molecule has 0 radical (unpaired) electrons. The molecule has 1 aliphatic heterocycles. The molecular formula is C8H14BrN. The van der Waals surface area contributed by atoms with Gasteiger partial charge in [0.2, 0.25) is 0 Å². The van der Waals surface area contributed by atoms with Gasteiger partial charge in [-0.2, -0.15) is 0 Å². The largest absolute Gasteiger partial charge is 0.299 e. The first-order chi connectivity index (χ1) is 4.86. The van der Waals surface area contributed by atoms with E-state index < -0.39 is 0 Å². The van der Waals surface area contributed by atoms with Crippen LogP contribution in [0.4, 0.5) is 0 Å². The van der Waals surface area contributed by atoms with Crippen molar-refractivity contribution in [3.8, 4) is 0 Å². The molecule has 1 saturated carbocycles. The smallest absolute Gasteiger partial charge is 0.0273 e. The first kappa shape index (κ1) is 7.11. The van der Waals surface area contributed by atoms with E-state index in [-0.39, 0.29) is 0 Å². The van der Waals surface area contributed by atoms with E-state index in [4.69, 9.17) is 0 Å². The number of rotatable bonds is 1. The van der Waals surface area contributed by atoms with Crippen molar-refractivity contribution in [3.63, 3.8) is 0 Å². The lowest BCUT2D eigenvalue weighted by Crippen LogP contribution is -2.37. The van der Waals surface area contributed by atoms with Gasteiger partial charge in [0.05, 0.1) is 0 Å². The fourth-order valence-corrected chi connectivity index (χ4v) is 2.42. The first-order valence-corrected chi connectivity index (χ1v) is 5.16. The highest BCUT2D eigenvalue weighted by Gasteiger charge is 2.31. The molecule has 2 fully saturated rings. The number of likely N-dealkylation sites (tertiary alicyclic amines) is 1. The van der Waals surface area contributed by atoms with Gasteiger partial charge in [-0.15, -0.1) is 0 Å². The molecule has 1 atom stereocenters. The van der Waals surface area contributed by atoms with Crippen molar-refractivity contribution >= 4 is 15.9 Å². The van der Waals surface area contributed by atoms with Crippen LogP contribution in [0.15, 0.2) is 0 Å². The zero-order valence-corrected chi connectivity index (χ0v) is 7.81. The van der Waals surface area contributed by atoms with Crippen LogP contribution in [0.2, 0.25) is 0 Å². The van der Waals surface area contributed by atoms with E-state index in [1.165, 1.54) is 38.8 Å². The topological polar surface area (TPSA) is 3.24 Å². The molecule has 0 aromatic carbocycles. The van der Waals surface area contributed by atoms with Gasteiger partial charge in [0.1, 0.15) is 0 Å². The van der Waals surface area contributed by atoms with E-state index in [9.17, 15) is 0 Å². The van der Waals surface area contributed by atoms with Crippen molar-refractivity contribution < 1.29 is 0 Å². The number of hydrogen-bond donors (Lipinski definition) is 0. The highest BCUT2D eigenvalue weighted by molar-refractivity contribution is 9.09. The van der Waals surface area contributed by atoms with E-state index in [1.54, 1.807) is 0 Å². The van der Waals surface area contributed by atoms with Crippen LogP contribution in [0.1, 0.15) is 25.7 Å². The number of nitrogens with zero attached hydrogens (tertiary/aromatic N) is 1. The molecule has 58 valence electrons. The maximum atomic E-state index is 3.68. The fraction of sp³-hybridized carbons (Fsp3) is 1.00. The minimum Gasteiger partial charge on any atom is -0.299 e. The minimum atomic E-state index is 0.779. The molecule has 10 heavy (non-hydrogen) atoms. The van der Waals surface area contributed by atoms with Crippen molar-refractivity contribution in [1.29, 1.82) is 0 Å². The molecule has 1 nitrogen and oxygen atoms in total. The van der Waals surface area contributed by atoms with Crippen molar-refractivity contribution in [3.05, 3.63) is 0 Å². The molecule has 0 N–H and O–H groups in total. The standard InChI is InChI=1S/C8H14BrN/c9-7-2-1-5-10(6-7)8-3-4-8/h7-8H,1-6H2. The molecule has 1 saturated heterocycles. The lowest BCUT2D eigenvalue weighted by Gasteiger charge is -2.29. The van der Waals surface area contributed by atoms with Crippen LogP contribution in [0, 0.1) is 0 Å². The van der Waals surface area contributed by atoms with Gasteiger partial charge in [0.25, 0.3) is 0 Å². The number of hydrogen-bond acceptors (Lipinski definition) is 1. The monoisotopic (exact) mass is 203 g/mol. The summed E-state index contributed by atoms with van der Waals surface area (Å²) in [6.07, 6.45) is 5.69. The van der Waals surface area contributed by atoms with Crippen molar-refractivity contribution in [1.82, 2.24) is 4.90 Å². The lowest BCUT2D eigenvalue weighted by molar-refractivity contribution is 0.226. The Balaban J connectivity index is 1.84. The summed E-state index contributed by atoms with van der Waals surface area (Å²) in [4.78, 5) is 3.42. The Hall–Kier alpha value is 0.440. The third kappa shape index (κ3) is 1.54. The quantitative estimate of drug-likeness (QED) is 0.590. The van der Waals surface area contributed by atoms with Gasteiger partial charge in [-0.1, -0.05) is 15.9 Å². The Morgan fingerprint density at radius 3 is 2.60 bits per heavy atom. The van der Waals surface area contributed by atoms with Gasteiger partial charge in [-0.05, 0) is 32.2 Å². The summed E-state index contributed by atoms with van der Waals surface area (Å²) in [5, 5.41) is 0. The maximum absolute atomic E-state index is 3.68. The summed E-state index contributed by atoms with van der Waals surface area (Å²) in [5.41, 5.74) is 0. The molecule has 0 aromatic heterocycles. The summed E-state index contributed by atoms with van der Waals surface area (Å²) in [5.74, 6) is 0. The van der Waals surface area contributed by atoms with Crippen LogP contribution in [0.3, 0.4) is 0 Å². The van der Waals surface area contributed by atoms with Gasteiger partial charge in [-0.3, -0.25) is 4.90 Å². The fourth-order valence-electron chi connectivity index (χ4n) is 1.72. The van der Waals surface area contributed by atoms with Crippen LogP contribution >= 0.6 is 15.9 Å². The SMILES string of the molecule is BrC1CCCN(C2CC2)C1. The molecule has 2 rings (SSSR count). The van der Waals surface area contributed by atoms with Crippen molar-refractivity contribution in [2.75, 3.05) is 13.1 Å². The summed E-state index contributed by atoms with van der Waals surface area (Å²) < 4.78 is 0. The van der Waals surface area contributed by atoms with Gasteiger partial charge in [0, 0.05) is 17.4 Å². The van der Waals surface area contributed by atoms with E-state index in [1.807, 2.05) is 0 Å². The molecule has 0 aromatic rings. The third-order valence-electron chi connectivity index (χ3n) is 2.46. The number of alkyl halides is 1. The number of piperidine rings is 1. The third-order valence-corrected chi connectivity index (χ3v) is 3.21. The van der Waals surface area contributed by atoms with Crippen LogP contribution in [0.25, 0.3) is 0 Å². The summed E-state index contributed by atoms with van der Waals surface area (Å²) in [7, 11) is 0. The van der Waals surface area contributed by atoms with E-state index in [0.717, 1.165) is 10.9 Å². The predicted octanol–water partition coefficient (Wildman–Crippen LogP) is 2.01. The minimum absolute atomic E-state index is 0.779. The van der Waals surface area contributed by atoms with Crippen LogP contribution in [-0.2, 0) is 0 Å². The average Bonchev–Trinajstić information content (AvgIpc) is 2.68. The van der Waals surface area contributed by atoms with E-state index in [0.29, 0.717) is 0 Å². The van der Waals surface area contributed by atoms with E-state index >= 15 is 0 Å². The van der Waals surface area contributed by atoms with Gasteiger partial charge in [0.15, 0.2) is 0 Å². The Morgan fingerprint density at radius 1 is 1.20 bits per heavy atom. The highest BCUT2D eigenvalue weighted by Crippen LogP contribution is 2.30. The molecular weight excluding hydrogens is 190 g/mol. The second kappa shape index (κ2) is 2.82. The second-order valence-corrected chi connectivity index (χ2v) is 4.76. The summed E-state index contributed by atoms with van der Waals surface area (Å²) in [6, 6.07) is 0.973. The van der Waals surface area contributed by atoms with Crippen LogP contribution in [0.5, 0.6) is 0 Å². The van der Waals surface area contributed by atoms with Crippen molar-refractivity contribution in [2.45, 2.75) is 36.6 Å². The molecule has 2 heteroatoms. The Bertz CT molecular complexity index is 122. The first-order valence-electron chi connectivity index (χ1n) is 4.24. The highest BCUT2D eigenvalue weighted by atomic mass is 79.9. The maximum Gasteiger partial charge on any atom is 0.0273 e. The molecule has 0 amide bonds. The molecule has 1 aliphatic carbocycles. The summed E-state index contributed by atoms with van der Waals surface area (Å²) in [6.45, 7) is 2.65. The zero-order valence-electron chi connectivity index (χ0n) is 6.22. The summed E-state index contributed by atoms with van der Waals surface area (Å²) >= 11 is 3.68. The average molecular weight is 204 g/mol. The molecule has 2 aliphatic rings. The van der Waals surface area contributed by atoms with Gasteiger partial charge < -0.3 is 0 Å². The normalized spacial score (nSPS) is 36.3. The second-order valence-electron chi connectivity index (χ2n) is 3.47. The molecule has 1 heterocycles. The lowest BCUT2D eigenvalue weighted by atomic mass is 10.1. The molecule has 0 spiro atoms. The zero-order chi connectivity index (χ0) is 6.97. The van der Waals surface area contributed by atoms with E-state index in [2.05, 4.69) is 20.8 Å². The Kier molecular flexibility index (Phi) is 2.01. The Morgan fingerprint density at radius 2 is 2.00 bits per heavy atom. The molecule has 0 bridgehead atoms. The Labute approximate surface area is 70.9 Å². The van der Waals surface area contributed by atoms with Crippen LogP contribution in [-0.4, -0.2) is 28.9 Å².